The van der Waals surface area contributed by atoms with Crippen molar-refractivity contribution in [2.75, 3.05) is 0 Å². The molecule has 0 aromatic heterocycles. The van der Waals surface area contributed by atoms with E-state index in [0.29, 0.717) is 17.6 Å². The van der Waals surface area contributed by atoms with Gasteiger partial charge in [-0.3, -0.25) is 4.79 Å². The van der Waals surface area contributed by atoms with E-state index in [0.717, 1.165) is 5.71 Å². The highest BCUT2D eigenvalue weighted by Crippen LogP contribution is 2.08. The Kier molecular flexibility index (Phi) is 23.7. The second kappa shape index (κ2) is 18.8. The zero-order chi connectivity index (χ0) is 20.7. The predicted molar refractivity (Wildman–Crippen MR) is 115 cm³/mol. The minimum atomic E-state index is 0. The van der Waals surface area contributed by atoms with Crippen molar-refractivity contribution >= 4 is 11.5 Å². The number of hydrogen-bond donors (Lipinski definition) is 1. The van der Waals surface area contributed by atoms with Crippen molar-refractivity contribution in [3.05, 3.63) is 0 Å². The topological polar surface area (TPSA) is 73.9 Å². The molecule has 0 aliphatic carbocycles. The van der Waals surface area contributed by atoms with Crippen LogP contribution in [0.2, 0.25) is 0 Å². The Morgan fingerprint density at radius 2 is 1.00 bits per heavy atom. The fourth-order valence-corrected chi connectivity index (χ4v) is 1.71. The number of rotatable bonds is 7. The number of carbonyl (C=O) groups is 1. The van der Waals surface area contributed by atoms with Crippen LogP contribution >= 0.6 is 0 Å². The van der Waals surface area contributed by atoms with E-state index in [1.54, 1.807) is 0 Å². The van der Waals surface area contributed by atoms with Crippen LogP contribution in [0.3, 0.4) is 0 Å². The highest BCUT2D eigenvalue weighted by atomic mass is 16.6. The molecule has 0 radical (unpaired) electrons. The van der Waals surface area contributed by atoms with Gasteiger partial charge in [0.2, 0.25) is 0 Å². The summed E-state index contributed by atoms with van der Waals surface area (Å²) < 4.78 is 0. The van der Waals surface area contributed by atoms with Gasteiger partial charge < -0.3 is 9.68 Å². The third kappa shape index (κ3) is 23.1. The summed E-state index contributed by atoms with van der Waals surface area (Å²) in [7, 11) is 0. The maximum absolute atomic E-state index is 10.8. The molecule has 0 aromatic rings. The Labute approximate surface area is 164 Å². The first-order chi connectivity index (χ1) is 11.3. The van der Waals surface area contributed by atoms with Crippen molar-refractivity contribution in [2.24, 2.45) is 34.7 Å². The van der Waals surface area contributed by atoms with Gasteiger partial charge in [0.25, 0.3) is 0 Å². The molecule has 2 N–H and O–H groups in total. The quantitative estimate of drug-likeness (QED) is 0.445. The molecule has 0 unspecified atom stereocenters. The first kappa shape index (κ1) is 32.7. The molecule has 0 rings (SSSR count). The summed E-state index contributed by atoms with van der Waals surface area (Å²) >= 11 is 0. The molecule has 0 heterocycles. The van der Waals surface area contributed by atoms with Gasteiger partial charge in [-0.05, 0) is 39.5 Å². The van der Waals surface area contributed by atoms with Crippen LogP contribution in [0, 0.1) is 23.7 Å². The summed E-state index contributed by atoms with van der Waals surface area (Å²) in [4.78, 5) is 20.3. The van der Waals surface area contributed by atoms with Crippen LogP contribution in [-0.4, -0.2) is 23.7 Å². The lowest BCUT2D eigenvalue weighted by atomic mass is 9.98. The van der Waals surface area contributed by atoms with Crippen LogP contribution in [-0.2, 0) is 14.5 Å². The Balaban J connectivity index is -0.000000150. The van der Waals surface area contributed by atoms with Crippen molar-refractivity contribution < 1.29 is 14.5 Å². The molecule has 0 bridgehead atoms. The van der Waals surface area contributed by atoms with Gasteiger partial charge in [0, 0.05) is 11.8 Å². The number of ketones is 1. The average molecular weight is 377 g/mol. The number of hydrogen-bond acceptors (Lipinski definition) is 5. The van der Waals surface area contributed by atoms with Crippen molar-refractivity contribution in [1.82, 2.24) is 0 Å². The largest absolute Gasteiger partial charge is 0.393 e. The summed E-state index contributed by atoms with van der Waals surface area (Å²) in [5, 5.41) is 4.14. The summed E-state index contributed by atoms with van der Waals surface area (Å²) in [5.74, 6) is 6.38. The lowest BCUT2D eigenvalue weighted by Crippen LogP contribution is -2.16. The second-order valence-corrected chi connectivity index (χ2v) is 7.88. The smallest absolute Gasteiger partial charge is 0.137 e. The van der Waals surface area contributed by atoms with Gasteiger partial charge in [0.05, 0.1) is 11.8 Å². The summed E-state index contributed by atoms with van der Waals surface area (Å²) in [6.07, 6.45) is 0.340. The molecule has 0 aliphatic rings. The van der Waals surface area contributed by atoms with Crippen molar-refractivity contribution in [1.29, 1.82) is 0 Å². The van der Waals surface area contributed by atoms with Gasteiger partial charge in [0.15, 0.2) is 0 Å². The molecule has 160 valence electrons. The summed E-state index contributed by atoms with van der Waals surface area (Å²) in [6.45, 7) is 24.0. The number of carbonyl (C=O) groups excluding carboxylic acids is 1. The molecular formula is C21H48N2O3. The molecular weight excluding hydrogens is 328 g/mol. The van der Waals surface area contributed by atoms with E-state index < -0.39 is 0 Å². The monoisotopic (exact) mass is 376 g/mol. The number of nitrogens with two attached hydrogens (primary N) is 1. The Bertz CT molecular complexity index is 327. The maximum Gasteiger partial charge on any atom is 0.137 e. The Hall–Kier alpha value is -0.940. The second-order valence-electron chi connectivity index (χ2n) is 7.88. The zero-order valence-corrected chi connectivity index (χ0v) is 18.7. The van der Waals surface area contributed by atoms with E-state index in [2.05, 4.69) is 43.6 Å². The Morgan fingerprint density at radius 3 is 1.12 bits per heavy atom. The van der Waals surface area contributed by atoms with Crippen LogP contribution in [0.5, 0.6) is 0 Å². The molecule has 0 saturated heterocycles. The lowest BCUT2D eigenvalue weighted by Gasteiger charge is -2.14. The van der Waals surface area contributed by atoms with Crippen molar-refractivity contribution in [2.45, 2.75) is 103 Å². The SMILES string of the molecule is C.CC(C)C(=O)C(C)C.CC(C)ON.CC(C)ON=C(C(C)C)C(C)C. The average Bonchev–Trinajstić information content (AvgIpc) is 2.46. The van der Waals surface area contributed by atoms with Gasteiger partial charge in [-0.2, -0.15) is 0 Å². The van der Waals surface area contributed by atoms with Gasteiger partial charge >= 0.3 is 0 Å². The number of nitrogens with zero attached hydrogens (tertiary/aromatic N) is 1. The van der Waals surface area contributed by atoms with Crippen molar-refractivity contribution in [3.63, 3.8) is 0 Å². The Morgan fingerprint density at radius 1 is 0.692 bits per heavy atom. The van der Waals surface area contributed by atoms with Crippen LogP contribution < -0.4 is 5.90 Å². The standard InChI is InChI=1S/C10H21NO.C7H14O.C3H9NO.CH4/c1-7(2)10(8(3)4)11-12-9(5)6;1-5(2)7(8)6(3)4;1-3(2)5-4;/h7-9H,1-6H3;5-6H,1-4H3;3H,4H2,1-2H3;1H4. The molecule has 0 aromatic carbocycles. The number of Topliss-reactive ketones (excluding diaryl/α,β-unsaturated/α-hetero) is 1. The molecule has 0 amide bonds. The maximum atomic E-state index is 10.8. The minimum Gasteiger partial charge on any atom is -0.393 e. The fraction of sp³-hybridized carbons (Fsp3) is 0.905. The van der Waals surface area contributed by atoms with E-state index in [4.69, 9.17) is 4.84 Å². The molecule has 0 saturated carbocycles. The zero-order valence-electron chi connectivity index (χ0n) is 18.7. The van der Waals surface area contributed by atoms with E-state index in [1.165, 1.54) is 0 Å². The summed E-state index contributed by atoms with van der Waals surface area (Å²) in [6, 6.07) is 0. The molecule has 0 spiro atoms. The molecule has 26 heavy (non-hydrogen) atoms. The lowest BCUT2D eigenvalue weighted by molar-refractivity contribution is -0.124. The minimum absolute atomic E-state index is 0. The fourth-order valence-electron chi connectivity index (χ4n) is 1.71. The van der Waals surface area contributed by atoms with Crippen LogP contribution in [0.15, 0.2) is 5.16 Å². The highest BCUT2D eigenvalue weighted by Gasteiger charge is 2.11. The van der Waals surface area contributed by atoms with E-state index >= 15 is 0 Å². The third-order valence-electron chi connectivity index (χ3n) is 2.96. The van der Waals surface area contributed by atoms with Crippen LogP contribution in [0.4, 0.5) is 0 Å². The first-order valence-electron chi connectivity index (χ1n) is 9.40. The molecule has 0 fully saturated rings. The predicted octanol–water partition coefficient (Wildman–Crippen LogP) is 5.87. The van der Waals surface area contributed by atoms with Gasteiger partial charge in [-0.1, -0.05) is 68.0 Å². The highest BCUT2D eigenvalue weighted by molar-refractivity contribution is 5.87. The van der Waals surface area contributed by atoms with E-state index in [1.807, 2.05) is 55.4 Å². The van der Waals surface area contributed by atoms with Gasteiger partial charge in [0.1, 0.15) is 11.9 Å². The number of oxime groups is 1. The molecule has 0 atom stereocenters. The molecule has 0 aliphatic heterocycles. The normalized spacial score (nSPS) is 10.3. The van der Waals surface area contributed by atoms with Gasteiger partial charge in [-0.15, -0.1) is 0 Å². The molecule has 5 heteroatoms. The summed E-state index contributed by atoms with van der Waals surface area (Å²) in [5.41, 5.74) is 1.14. The first-order valence-corrected chi connectivity index (χ1v) is 9.40. The van der Waals surface area contributed by atoms with Crippen LogP contribution in [0.25, 0.3) is 0 Å². The van der Waals surface area contributed by atoms with E-state index in [9.17, 15) is 4.79 Å². The van der Waals surface area contributed by atoms with Gasteiger partial charge in [-0.25, -0.2) is 5.90 Å². The molecule has 5 nitrogen and oxygen atoms in total. The van der Waals surface area contributed by atoms with Crippen LogP contribution in [0.1, 0.15) is 90.5 Å². The van der Waals surface area contributed by atoms with Crippen molar-refractivity contribution in [3.8, 4) is 0 Å². The third-order valence-corrected chi connectivity index (χ3v) is 2.96. The van der Waals surface area contributed by atoms with E-state index in [-0.39, 0.29) is 31.5 Å².